The molecule has 3 rings (SSSR count). The maximum absolute atomic E-state index is 12.4. The molecule has 144 valence electrons. The average Bonchev–Trinajstić information content (AvgIpc) is 3.16. The van der Waals surface area contributed by atoms with Gasteiger partial charge in [0.15, 0.2) is 11.6 Å². The van der Waals surface area contributed by atoms with Gasteiger partial charge in [-0.1, -0.05) is 48.5 Å². The first-order chi connectivity index (χ1) is 13.5. The van der Waals surface area contributed by atoms with Gasteiger partial charge in [-0.25, -0.2) is 4.98 Å². The molecule has 0 unspecified atom stereocenters. The minimum absolute atomic E-state index is 0.0156. The van der Waals surface area contributed by atoms with Crippen molar-refractivity contribution in [1.29, 1.82) is 0 Å². The van der Waals surface area contributed by atoms with Crippen LogP contribution in [0.25, 0.3) is 11.4 Å². The zero-order valence-electron chi connectivity index (χ0n) is 15.9. The highest BCUT2D eigenvalue weighted by molar-refractivity contribution is 7.99. The van der Waals surface area contributed by atoms with Gasteiger partial charge in [0, 0.05) is 23.2 Å². The zero-order chi connectivity index (χ0) is 19.9. The Bertz CT molecular complexity index is 949. The molecule has 1 amide bonds. The molecule has 0 fully saturated rings. The van der Waals surface area contributed by atoms with E-state index in [1.807, 2.05) is 38.1 Å². The lowest BCUT2D eigenvalue weighted by Crippen LogP contribution is -2.10. The lowest BCUT2D eigenvalue weighted by molar-refractivity contribution is -0.116. The Labute approximate surface area is 168 Å². The number of carbonyl (C=O) groups excluding carboxylic acids is 2. The highest BCUT2D eigenvalue weighted by atomic mass is 32.2. The van der Waals surface area contributed by atoms with Crippen molar-refractivity contribution in [3.05, 3.63) is 59.7 Å². The van der Waals surface area contributed by atoms with Crippen LogP contribution >= 0.6 is 11.8 Å². The summed E-state index contributed by atoms with van der Waals surface area (Å²) < 4.78 is 0. The van der Waals surface area contributed by atoms with Crippen LogP contribution in [0.1, 0.15) is 35.7 Å². The Balaban J connectivity index is 1.55. The minimum Gasteiger partial charge on any atom is -0.326 e. The maximum atomic E-state index is 12.4. The topological polar surface area (TPSA) is 87.7 Å². The predicted octanol–water partition coefficient (Wildman–Crippen LogP) is 4.49. The number of ketones is 1. The van der Waals surface area contributed by atoms with Crippen LogP contribution in [0, 0.1) is 6.92 Å². The van der Waals surface area contributed by atoms with Crippen LogP contribution in [-0.2, 0) is 4.79 Å². The second-order valence-corrected chi connectivity index (χ2v) is 7.36. The fourth-order valence-corrected chi connectivity index (χ4v) is 3.25. The quantitative estimate of drug-likeness (QED) is 0.434. The van der Waals surface area contributed by atoms with Crippen molar-refractivity contribution in [1.82, 2.24) is 15.2 Å². The highest BCUT2D eigenvalue weighted by Crippen LogP contribution is 2.21. The number of carbonyl (C=O) groups is 2. The van der Waals surface area contributed by atoms with Crippen molar-refractivity contribution in [2.24, 2.45) is 0 Å². The SMILES string of the molecule is CCCC(=O)Nc1ccc(C(=O)CSc2n[nH]c(-c3ccc(C)cc3)n2)cc1. The molecule has 0 saturated carbocycles. The second kappa shape index (κ2) is 9.32. The van der Waals surface area contributed by atoms with Gasteiger partial charge in [0.2, 0.25) is 11.1 Å². The van der Waals surface area contributed by atoms with Crippen molar-refractivity contribution in [3.63, 3.8) is 0 Å². The number of Topliss-reactive ketones (excluding diaryl/α,β-unsaturated/α-hetero) is 1. The molecule has 2 N–H and O–H groups in total. The van der Waals surface area contributed by atoms with Crippen LogP contribution in [0.3, 0.4) is 0 Å². The Morgan fingerprint density at radius 3 is 2.46 bits per heavy atom. The smallest absolute Gasteiger partial charge is 0.224 e. The third-order valence-electron chi connectivity index (χ3n) is 4.09. The molecule has 2 aromatic carbocycles. The zero-order valence-corrected chi connectivity index (χ0v) is 16.7. The summed E-state index contributed by atoms with van der Waals surface area (Å²) in [6.07, 6.45) is 1.28. The molecule has 6 nitrogen and oxygen atoms in total. The number of hydrogen-bond donors (Lipinski definition) is 2. The van der Waals surface area contributed by atoms with E-state index in [4.69, 9.17) is 0 Å². The molecular weight excluding hydrogens is 372 g/mol. The highest BCUT2D eigenvalue weighted by Gasteiger charge is 2.11. The molecule has 7 heteroatoms. The van der Waals surface area contributed by atoms with Gasteiger partial charge in [0.1, 0.15) is 0 Å². The van der Waals surface area contributed by atoms with Gasteiger partial charge in [0.05, 0.1) is 5.75 Å². The van der Waals surface area contributed by atoms with Crippen LogP contribution in [0.2, 0.25) is 0 Å². The van der Waals surface area contributed by atoms with Gasteiger partial charge in [-0.05, 0) is 37.6 Å². The predicted molar refractivity (Wildman–Crippen MR) is 112 cm³/mol. The molecule has 0 spiro atoms. The third-order valence-corrected chi connectivity index (χ3v) is 4.94. The first-order valence-electron chi connectivity index (χ1n) is 9.10. The first kappa shape index (κ1) is 19.8. The van der Waals surface area contributed by atoms with Gasteiger partial charge < -0.3 is 5.32 Å². The molecule has 0 aliphatic carbocycles. The molecule has 0 atom stereocenters. The first-order valence-corrected chi connectivity index (χ1v) is 10.1. The number of amides is 1. The summed E-state index contributed by atoms with van der Waals surface area (Å²) in [4.78, 5) is 28.4. The molecule has 0 radical (unpaired) electrons. The summed E-state index contributed by atoms with van der Waals surface area (Å²) in [5.74, 6) is 0.888. The van der Waals surface area contributed by atoms with Crippen molar-refractivity contribution in [3.8, 4) is 11.4 Å². The number of aryl methyl sites for hydroxylation is 1. The van der Waals surface area contributed by atoms with Crippen LogP contribution in [0.5, 0.6) is 0 Å². The summed E-state index contributed by atoms with van der Waals surface area (Å²) in [5.41, 5.74) is 3.42. The number of nitrogens with one attached hydrogen (secondary N) is 2. The number of nitrogens with zero attached hydrogens (tertiary/aromatic N) is 2. The summed E-state index contributed by atoms with van der Waals surface area (Å²) >= 11 is 1.29. The molecule has 1 aromatic heterocycles. The van der Waals surface area contributed by atoms with E-state index in [1.165, 1.54) is 17.3 Å². The van der Waals surface area contributed by atoms with Crippen LogP contribution in [0.15, 0.2) is 53.7 Å². The molecule has 1 heterocycles. The Hall–Kier alpha value is -2.93. The average molecular weight is 395 g/mol. The summed E-state index contributed by atoms with van der Waals surface area (Å²) in [6, 6.07) is 14.9. The fourth-order valence-electron chi connectivity index (χ4n) is 2.55. The molecule has 0 saturated heterocycles. The van der Waals surface area contributed by atoms with Gasteiger partial charge in [-0.3, -0.25) is 14.7 Å². The summed E-state index contributed by atoms with van der Waals surface area (Å²) in [7, 11) is 0. The van der Waals surface area contributed by atoms with Crippen LogP contribution < -0.4 is 5.32 Å². The number of H-pyrrole nitrogens is 1. The van der Waals surface area contributed by atoms with Gasteiger partial charge >= 0.3 is 0 Å². The van der Waals surface area contributed by atoms with Crippen LogP contribution in [-0.4, -0.2) is 32.6 Å². The van der Waals surface area contributed by atoms with E-state index < -0.39 is 0 Å². The van der Waals surface area contributed by atoms with E-state index in [2.05, 4.69) is 20.5 Å². The summed E-state index contributed by atoms with van der Waals surface area (Å²) in [5, 5.41) is 10.4. The number of aromatic nitrogens is 3. The number of benzene rings is 2. The molecule has 0 aliphatic rings. The van der Waals surface area contributed by atoms with Crippen molar-refractivity contribution >= 4 is 29.1 Å². The van der Waals surface area contributed by atoms with Crippen molar-refractivity contribution in [2.45, 2.75) is 31.8 Å². The number of thioether (sulfide) groups is 1. The third kappa shape index (κ3) is 5.29. The lowest BCUT2D eigenvalue weighted by atomic mass is 10.1. The maximum Gasteiger partial charge on any atom is 0.224 e. The molecule has 0 aliphatic heterocycles. The Morgan fingerprint density at radius 1 is 1.07 bits per heavy atom. The minimum atomic E-state index is -0.0221. The van der Waals surface area contributed by atoms with Crippen LogP contribution in [0.4, 0.5) is 5.69 Å². The number of anilines is 1. The van der Waals surface area contributed by atoms with Gasteiger partial charge in [0.25, 0.3) is 0 Å². The summed E-state index contributed by atoms with van der Waals surface area (Å²) in [6.45, 7) is 3.99. The Morgan fingerprint density at radius 2 is 1.79 bits per heavy atom. The normalized spacial score (nSPS) is 10.6. The number of rotatable bonds is 8. The Kier molecular flexibility index (Phi) is 6.60. The standard InChI is InChI=1S/C21H22N4O2S/c1-3-4-19(27)22-17-11-9-15(10-12-17)18(26)13-28-21-23-20(24-25-21)16-7-5-14(2)6-8-16/h5-12H,3-4,13H2,1-2H3,(H,22,27)(H,23,24,25). The van der Waals surface area contributed by atoms with E-state index in [0.29, 0.717) is 28.7 Å². The molecular formula is C21H22N4O2S. The molecule has 28 heavy (non-hydrogen) atoms. The van der Waals surface area contributed by atoms with Gasteiger partial charge in [-0.15, -0.1) is 5.10 Å². The van der Waals surface area contributed by atoms with E-state index in [1.54, 1.807) is 24.3 Å². The molecule has 3 aromatic rings. The van der Waals surface area contributed by atoms with Gasteiger partial charge in [-0.2, -0.15) is 0 Å². The largest absolute Gasteiger partial charge is 0.326 e. The van der Waals surface area contributed by atoms with E-state index in [0.717, 1.165) is 12.0 Å². The van der Waals surface area contributed by atoms with Crippen molar-refractivity contribution < 1.29 is 9.59 Å². The number of aromatic amines is 1. The van der Waals surface area contributed by atoms with Crippen molar-refractivity contribution in [2.75, 3.05) is 11.1 Å². The van der Waals surface area contributed by atoms with E-state index in [-0.39, 0.29) is 17.4 Å². The van der Waals surface area contributed by atoms with E-state index in [9.17, 15) is 9.59 Å². The molecule has 0 bridgehead atoms. The number of hydrogen-bond acceptors (Lipinski definition) is 5. The fraction of sp³-hybridized carbons (Fsp3) is 0.238. The second-order valence-electron chi connectivity index (χ2n) is 6.42. The lowest BCUT2D eigenvalue weighted by Gasteiger charge is -2.05. The van der Waals surface area contributed by atoms with E-state index >= 15 is 0 Å². The monoisotopic (exact) mass is 394 g/mol.